The van der Waals surface area contributed by atoms with Gasteiger partial charge in [0.2, 0.25) is 0 Å². The molecule has 19 heavy (non-hydrogen) atoms. The van der Waals surface area contributed by atoms with Crippen LogP contribution >= 0.6 is 0 Å². The second-order valence-corrected chi connectivity index (χ2v) is 4.98. The summed E-state index contributed by atoms with van der Waals surface area (Å²) in [4.78, 5) is 4.49. The Morgan fingerprint density at radius 1 is 1.05 bits per heavy atom. The van der Waals surface area contributed by atoms with E-state index in [1.165, 1.54) is 0 Å². The van der Waals surface area contributed by atoms with Crippen LogP contribution in [0.3, 0.4) is 0 Å². The Hall–Kier alpha value is -1.87. The van der Waals surface area contributed by atoms with Crippen LogP contribution in [0.15, 0.2) is 42.5 Å². The van der Waals surface area contributed by atoms with Crippen molar-refractivity contribution in [2.45, 2.75) is 32.9 Å². The number of rotatable bonds is 4. The van der Waals surface area contributed by atoms with Crippen molar-refractivity contribution in [2.24, 2.45) is 0 Å². The van der Waals surface area contributed by atoms with Crippen LogP contribution in [0.1, 0.15) is 36.8 Å². The zero-order valence-corrected chi connectivity index (χ0v) is 11.6. The number of aromatic nitrogens is 1. The number of nitrogens with one attached hydrogen (secondary N) is 1. The lowest BCUT2D eigenvalue weighted by Gasteiger charge is -2.16. The third kappa shape index (κ3) is 3.32. The van der Waals surface area contributed by atoms with Crippen molar-refractivity contribution in [1.82, 2.24) is 4.98 Å². The fourth-order valence-electron chi connectivity index (χ4n) is 2.05. The molecule has 0 aliphatic rings. The molecular weight excluding hydrogens is 236 g/mol. The van der Waals surface area contributed by atoms with Crippen molar-refractivity contribution in [3.8, 4) is 0 Å². The van der Waals surface area contributed by atoms with E-state index in [9.17, 15) is 5.11 Å². The first-order valence-electron chi connectivity index (χ1n) is 6.55. The summed E-state index contributed by atoms with van der Waals surface area (Å²) in [6, 6.07) is 13.8. The molecule has 0 bridgehead atoms. The van der Waals surface area contributed by atoms with Gasteiger partial charge in [-0.2, -0.15) is 0 Å². The highest BCUT2D eigenvalue weighted by atomic mass is 16.3. The van der Waals surface area contributed by atoms with Crippen LogP contribution in [0.4, 0.5) is 5.82 Å². The lowest BCUT2D eigenvalue weighted by molar-refractivity contribution is 0.219. The minimum Gasteiger partial charge on any atom is -0.384 e. The van der Waals surface area contributed by atoms with E-state index < -0.39 is 6.10 Å². The van der Waals surface area contributed by atoms with Gasteiger partial charge in [-0.25, -0.2) is 4.98 Å². The van der Waals surface area contributed by atoms with Crippen molar-refractivity contribution >= 4 is 5.82 Å². The molecule has 0 amide bonds. The average Bonchev–Trinajstić information content (AvgIpc) is 2.38. The first-order chi connectivity index (χ1) is 9.08. The van der Waals surface area contributed by atoms with E-state index in [1.54, 1.807) is 0 Å². The Labute approximate surface area is 114 Å². The normalized spacial score (nSPS) is 12.5. The lowest BCUT2D eigenvalue weighted by atomic mass is 10.0. The zero-order chi connectivity index (χ0) is 13.8. The highest BCUT2D eigenvalue weighted by Crippen LogP contribution is 2.24. The molecule has 1 heterocycles. The first kappa shape index (κ1) is 13.6. The summed E-state index contributed by atoms with van der Waals surface area (Å²) < 4.78 is 0. The zero-order valence-electron chi connectivity index (χ0n) is 11.6. The summed E-state index contributed by atoms with van der Waals surface area (Å²) >= 11 is 0. The Morgan fingerprint density at radius 2 is 1.74 bits per heavy atom. The molecule has 0 spiro atoms. The van der Waals surface area contributed by atoms with Crippen molar-refractivity contribution in [3.63, 3.8) is 0 Å². The fourth-order valence-corrected chi connectivity index (χ4v) is 2.05. The summed E-state index contributed by atoms with van der Waals surface area (Å²) in [5, 5.41) is 13.6. The smallest absolute Gasteiger partial charge is 0.126 e. The van der Waals surface area contributed by atoms with Crippen molar-refractivity contribution in [1.29, 1.82) is 0 Å². The monoisotopic (exact) mass is 256 g/mol. The molecule has 0 unspecified atom stereocenters. The van der Waals surface area contributed by atoms with Gasteiger partial charge >= 0.3 is 0 Å². The predicted molar refractivity (Wildman–Crippen MR) is 78.2 cm³/mol. The largest absolute Gasteiger partial charge is 0.384 e. The number of hydrogen-bond acceptors (Lipinski definition) is 3. The summed E-state index contributed by atoms with van der Waals surface area (Å²) in [6.45, 7) is 6.07. The second kappa shape index (κ2) is 5.85. The number of aliphatic hydroxyl groups excluding tert-OH is 1. The minimum atomic E-state index is -0.623. The van der Waals surface area contributed by atoms with Crippen LogP contribution in [0.5, 0.6) is 0 Å². The van der Waals surface area contributed by atoms with Gasteiger partial charge in [0.1, 0.15) is 11.9 Å². The molecule has 0 saturated heterocycles. The van der Waals surface area contributed by atoms with Crippen LogP contribution in [0, 0.1) is 6.92 Å². The molecule has 0 fully saturated rings. The molecule has 0 aliphatic heterocycles. The van der Waals surface area contributed by atoms with E-state index in [2.05, 4.69) is 24.1 Å². The Morgan fingerprint density at radius 3 is 2.32 bits per heavy atom. The van der Waals surface area contributed by atoms with Crippen molar-refractivity contribution < 1.29 is 5.11 Å². The summed E-state index contributed by atoms with van der Waals surface area (Å²) in [5.74, 6) is 0.844. The third-order valence-electron chi connectivity index (χ3n) is 2.97. The highest BCUT2D eigenvalue weighted by molar-refractivity contribution is 5.42. The molecule has 1 aromatic heterocycles. The number of benzene rings is 1. The lowest BCUT2D eigenvalue weighted by Crippen LogP contribution is -2.12. The third-order valence-corrected chi connectivity index (χ3v) is 2.97. The molecule has 1 aromatic carbocycles. The average molecular weight is 256 g/mol. The maximum absolute atomic E-state index is 10.4. The van der Waals surface area contributed by atoms with Gasteiger partial charge in [-0.3, -0.25) is 0 Å². The standard InChI is InChI=1S/C16H20N2O/c1-11(2)17-15-10-9-14(12(3)18-15)16(19)13-7-5-4-6-8-13/h4-11,16,19H,1-3H3,(H,17,18)/t16-/m1/s1. The summed E-state index contributed by atoms with van der Waals surface area (Å²) in [7, 11) is 0. The Balaban J connectivity index is 2.26. The van der Waals surface area contributed by atoms with Crippen LogP contribution in [0.25, 0.3) is 0 Å². The van der Waals surface area contributed by atoms with Crippen molar-refractivity contribution in [2.75, 3.05) is 5.32 Å². The van der Waals surface area contributed by atoms with Gasteiger partial charge < -0.3 is 10.4 Å². The molecule has 0 saturated carbocycles. The number of pyridine rings is 1. The summed E-state index contributed by atoms with van der Waals surface area (Å²) in [5.41, 5.74) is 2.58. The van der Waals surface area contributed by atoms with Crippen LogP contribution in [-0.4, -0.2) is 16.1 Å². The van der Waals surface area contributed by atoms with Crippen LogP contribution < -0.4 is 5.32 Å². The molecular formula is C16H20N2O. The van der Waals surface area contributed by atoms with E-state index in [0.717, 1.165) is 22.6 Å². The molecule has 3 nitrogen and oxygen atoms in total. The number of anilines is 1. The quantitative estimate of drug-likeness (QED) is 0.882. The van der Waals surface area contributed by atoms with Gasteiger partial charge in [0.05, 0.1) is 0 Å². The van der Waals surface area contributed by atoms with Gasteiger partial charge in [-0.1, -0.05) is 36.4 Å². The van der Waals surface area contributed by atoms with Gasteiger partial charge in [0.15, 0.2) is 0 Å². The number of nitrogens with zero attached hydrogens (tertiary/aromatic N) is 1. The molecule has 0 radical (unpaired) electrons. The van der Waals surface area contributed by atoms with E-state index in [1.807, 2.05) is 49.4 Å². The van der Waals surface area contributed by atoms with E-state index in [4.69, 9.17) is 0 Å². The van der Waals surface area contributed by atoms with E-state index in [0.29, 0.717) is 6.04 Å². The Kier molecular flexibility index (Phi) is 4.17. The molecule has 1 atom stereocenters. The van der Waals surface area contributed by atoms with Gasteiger partial charge in [0, 0.05) is 17.3 Å². The minimum absolute atomic E-state index is 0.344. The maximum Gasteiger partial charge on any atom is 0.126 e. The fraction of sp³-hybridized carbons (Fsp3) is 0.312. The van der Waals surface area contributed by atoms with Gasteiger partial charge in [-0.05, 0) is 32.4 Å². The predicted octanol–water partition coefficient (Wildman–Crippen LogP) is 3.29. The van der Waals surface area contributed by atoms with Crippen molar-refractivity contribution in [3.05, 3.63) is 59.3 Å². The molecule has 2 aromatic rings. The summed E-state index contributed by atoms with van der Waals surface area (Å²) in [6.07, 6.45) is -0.623. The van der Waals surface area contributed by atoms with Gasteiger partial charge in [0.25, 0.3) is 0 Å². The molecule has 2 N–H and O–H groups in total. The molecule has 3 heteroatoms. The second-order valence-electron chi connectivity index (χ2n) is 4.98. The van der Waals surface area contributed by atoms with E-state index >= 15 is 0 Å². The maximum atomic E-state index is 10.4. The Bertz CT molecular complexity index is 538. The topological polar surface area (TPSA) is 45.2 Å². The van der Waals surface area contributed by atoms with Crippen LogP contribution in [-0.2, 0) is 0 Å². The number of hydrogen-bond donors (Lipinski definition) is 2. The molecule has 0 aliphatic carbocycles. The highest BCUT2D eigenvalue weighted by Gasteiger charge is 2.13. The molecule has 2 rings (SSSR count). The first-order valence-corrected chi connectivity index (χ1v) is 6.55. The SMILES string of the molecule is Cc1nc(NC(C)C)ccc1[C@H](O)c1ccccc1. The van der Waals surface area contributed by atoms with E-state index in [-0.39, 0.29) is 0 Å². The number of aryl methyl sites for hydroxylation is 1. The van der Waals surface area contributed by atoms with Gasteiger partial charge in [-0.15, -0.1) is 0 Å². The molecule has 100 valence electrons. The van der Waals surface area contributed by atoms with Crippen LogP contribution in [0.2, 0.25) is 0 Å². The number of aliphatic hydroxyl groups is 1.